The number of nitrogens with two attached hydrogens (primary N) is 1. The van der Waals surface area contributed by atoms with Crippen molar-refractivity contribution in [3.63, 3.8) is 0 Å². The summed E-state index contributed by atoms with van der Waals surface area (Å²) < 4.78 is 0. The molecule has 2 rings (SSSR count). The highest BCUT2D eigenvalue weighted by atomic mass is 16.1. The normalized spacial score (nSPS) is 14.4. The van der Waals surface area contributed by atoms with Gasteiger partial charge in [0.15, 0.2) is 0 Å². The number of nitrogens with one attached hydrogen (secondary N) is 1. The van der Waals surface area contributed by atoms with Crippen LogP contribution in [0.3, 0.4) is 0 Å². The third-order valence-electron chi connectivity index (χ3n) is 2.53. The summed E-state index contributed by atoms with van der Waals surface area (Å²) >= 11 is 0. The van der Waals surface area contributed by atoms with E-state index < -0.39 is 5.54 Å². The van der Waals surface area contributed by atoms with Crippen LogP contribution in [0.1, 0.15) is 23.0 Å². The minimum atomic E-state index is -1.05. The highest BCUT2D eigenvalue weighted by Crippen LogP contribution is 2.21. The Hall–Kier alpha value is -1.94. The van der Waals surface area contributed by atoms with E-state index in [1.54, 1.807) is 31.2 Å². The fourth-order valence-electron chi connectivity index (χ4n) is 1.52. The van der Waals surface area contributed by atoms with Crippen LogP contribution in [-0.2, 0) is 5.54 Å². The number of carbonyl (C=O) groups excluding carboxylic acids is 1. The van der Waals surface area contributed by atoms with Gasteiger partial charge in [-0.2, -0.15) is 0 Å². The molecule has 4 nitrogen and oxygen atoms in total. The van der Waals surface area contributed by atoms with Gasteiger partial charge in [0.25, 0.3) is 0 Å². The van der Waals surface area contributed by atoms with E-state index in [1.165, 1.54) is 12.5 Å². The summed E-state index contributed by atoms with van der Waals surface area (Å²) in [6.45, 7) is 1.69. The molecule has 0 aliphatic heterocycles. The Morgan fingerprint density at radius 1 is 1.50 bits per heavy atom. The standard InChI is InChI=1S/C12H12N3O/c1-12(13,9-5-3-2-4-6-9)11(16)10-7-14-8-15-10/h3-8H,13H2,1H3,(H,14,15). The minimum absolute atomic E-state index is 0.184. The van der Waals surface area contributed by atoms with Crippen molar-refractivity contribution >= 4 is 5.78 Å². The maximum atomic E-state index is 12.1. The zero-order valence-corrected chi connectivity index (χ0v) is 8.90. The third-order valence-corrected chi connectivity index (χ3v) is 2.53. The van der Waals surface area contributed by atoms with E-state index in [1.807, 2.05) is 0 Å². The topological polar surface area (TPSA) is 71.8 Å². The molecule has 16 heavy (non-hydrogen) atoms. The van der Waals surface area contributed by atoms with Crippen LogP contribution >= 0.6 is 0 Å². The Labute approximate surface area is 93.5 Å². The summed E-state index contributed by atoms with van der Waals surface area (Å²) in [5.41, 5.74) is 6.18. The van der Waals surface area contributed by atoms with Crippen molar-refractivity contribution < 1.29 is 4.79 Å². The fourth-order valence-corrected chi connectivity index (χ4v) is 1.52. The number of hydrogen-bond acceptors (Lipinski definition) is 3. The Morgan fingerprint density at radius 2 is 2.19 bits per heavy atom. The van der Waals surface area contributed by atoms with Gasteiger partial charge in [-0.1, -0.05) is 24.3 Å². The Balaban J connectivity index is 2.36. The number of hydrogen-bond donors (Lipinski definition) is 2. The number of carbonyl (C=O) groups is 1. The van der Waals surface area contributed by atoms with Gasteiger partial charge in [0.2, 0.25) is 5.78 Å². The third kappa shape index (κ3) is 1.75. The van der Waals surface area contributed by atoms with Crippen LogP contribution < -0.4 is 5.73 Å². The number of aromatic amines is 1. The zero-order chi connectivity index (χ0) is 11.6. The van der Waals surface area contributed by atoms with Crippen LogP contribution in [0.5, 0.6) is 0 Å². The summed E-state index contributed by atoms with van der Waals surface area (Å²) in [5, 5.41) is 0. The first-order valence-electron chi connectivity index (χ1n) is 4.91. The summed E-state index contributed by atoms with van der Waals surface area (Å²) in [6.07, 6.45) is 2.94. The second-order valence-electron chi connectivity index (χ2n) is 3.79. The van der Waals surface area contributed by atoms with Gasteiger partial charge >= 0.3 is 0 Å². The molecule has 1 heterocycles. The number of aromatic nitrogens is 2. The number of nitrogens with zero attached hydrogens (tertiary/aromatic N) is 1. The first-order chi connectivity index (χ1) is 7.62. The van der Waals surface area contributed by atoms with Gasteiger partial charge in [0, 0.05) is 0 Å². The maximum Gasteiger partial charge on any atom is 0.204 e. The lowest BCUT2D eigenvalue weighted by Crippen LogP contribution is -2.42. The molecule has 1 atom stereocenters. The van der Waals surface area contributed by atoms with Crippen molar-refractivity contribution in [2.75, 3.05) is 0 Å². The number of benzene rings is 1. The van der Waals surface area contributed by atoms with Crippen LogP contribution in [0.2, 0.25) is 0 Å². The van der Waals surface area contributed by atoms with Crippen molar-refractivity contribution in [2.24, 2.45) is 5.73 Å². The summed E-state index contributed by atoms with van der Waals surface area (Å²) in [5.74, 6) is -0.184. The van der Waals surface area contributed by atoms with E-state index in [0.29, 0.717) is 5.69 Å². The SMILES string of the molecule is CC(N)(C(=O)c1cnc[nH]1)c1cc[c]cc1. The summed E-state index contributed by atoms with van der Waals surface area (Å²) in [4.78, 5) is 18.7. The predicted molar refractivity (Wildman–Crippen MR) is 59.7 cm³/mol. The van der Waals surface area contributed by atoms with Gasteiger partial charge in [-0.15, -0.1) is 0 Å². The van der Waals surface area contributed by atoms with Crippen LogP contribution in [0.25, 0.3) is 0 Å². The van der Waals surface area contributed by atoms with Crippen molar-refractivity contribution in [3.8, 4) is 0 Å². The van der Waals surface area contributed by atoms with E-state index in [2.05, 4.69) is 16.0 Å². The number of ketones is 1. The van der Waals surface area contributed by atoms with Crippen LogP contribution in [0, 0.1) is 6.07 Å². The molecule has 0 saturated carbocycles. The molecule has 1 aromatic carbocycles. The van der Waals surface area contributed by atoms with Crippen molar-refractivity contribution in [1.82, 2.24) is 9.97 Å². The number of rotatable bonds is 3. The fraction of sp³-hybridized carbons (Fsp3) is 0.167. The van der Waals surface area contributed by atoms with Gasteiger partial charge in [-0.3, -0.25) is 4.79 Å². The molecule has 0 aliphatic carbocycles. The lowest BCUT2D eigenvalue weighted by molar-refractivity contribution is 0.0895. The average Bonchev–Trinajstić information content (AvgIpc) is 2.82. The number of H-pyrrole nitrogens is 1. The lowest BCUT2D eigenvalue weighted by Gasteiger charge is -2.22. The Bertz CT molecular complexity index is 474. The molecule has 2 aromatic rings. The first kappa shape index (κ1) is 10.6. The molecule has 3 N–H and O–H groups in total. The summed E-state index contributed by atoms with van der Waals surface area (Å²) in [7, 11) is 0. The number of Topliss-reactive ketones (excluding diaryl/α,β-unsaturated/α-hetero) is 1. The second-order valence-corrected chi connectivity index (χ2v) is 3.79. The van der Waals surface area contributed by atoms with E-state index >= 15 is 0 Å². The minimum Gasteiger partial charge on any atom is -0.342 e. The second kappa shape index (κ2) is 3.90. The van der Waals surface area contributed by atoms with E-state index in [9.17, 15) is 4.79 Å². The highest BCUT2D eigenvalue weighted by molar-refractivity contribution is 6.01. The Morgan fingerprint density at radius 3 is 2.75 bits per heavy atom. The number of imidazole rings is 1. The van der Waals surface area contributed by atoms with Gasteiger partial charge in [0.1, 0.15) is 11.2 Å². The molecule has 81 valence electrons. The van der Waals surface area contributed by atoms with Crippen molar-refractivity contribution in [1.29, 1.82) is 0 Å². The quantitative estimate of drug-likeness (QED) is 0.756. The van der Waals surface area contributed by atoms with Crippen LogP contribution in [-0.4, -0.2) is 15.8 Å². The van der Waals surface area contributed by atoms with Crippen LogP contribution in [0.4, 0.5) is 0 Å². The lowest BCUT2D eigenvalue weighted by atomic mass is 9.87. The van der Waals surface area contributed by atoms with Crippen molar-refractivity contribution in [2.45, 2.75) is 12.5 Å². The van der Waals surface area contributed by atoms with Crippen LogP contribution in [0.15, 0.2) is 36.8 Å². The largest absolute Gasteiger partial charge is 0.342 e. The molecule has 0 aliphatic rings. The van der Waals surface area contributed by atoms with Gasteiger partial charge in [-0.05, 0) is 18.6 Å². The van der Waals surface area contributed by atoms with E-state index in [-0.39, 0.29) is 5.78 Å². The zero-order valence-electron chi connectivity index (χ0n) is 8.90. The monoisotopic (exact) mass is 214 g/mol. The van der Waals surface area contributed by atoms with Gasteiger partial charge < -0.3 is 10.7 Å². The molecular weight excluding hydrogens is 202 g/mol. The molecule has 0 fully saturated rings. The first-order valence-corrected chi connectivity index (χ1v) is 4.91. The average molecular weight is 214 g/mol. The molecule has 1 radical (unpaired) electrons. The molecule has 1 unspecified atom stereocenters. The molecular formula is C12H12N3O. The van der Waals surface area contributed by atoms with Gasteiger partial charge in [-0.25, -0.2) is 4.98 Å². The smallest absolute Gasteiger partial charge is 0.204 e. The Kier molecular flexibility index (Phi) is 2.58. The maximum absolute atomic E-state index is 12.1. The molecule has 0 saturated heterocycles. The summed E-state index contributed by atoms with van der Waals surface area (Å²) in [6, 6.07) is 9.94. The highest BCUT2D eigenvalue weighted by Gasteiger charge is 2.31. The predicted octanol–water partition coefficient (Wildman–Crippen LogP) is 1.27. The van der Waals surface area contributed by atoms with E-state index in [0.717, 1.165) is 5.56 Å². The molecule has 0 bridgehead atoms. The molecule has 4 heteroatoms. The van der Waals surface area contributed by atoms with Gasteiger partial charge in [0.05, 0.1) is 12.5 Å². The molecule has 0 amide bonds. The molecule has 1 aromatic heterocycles. The molecule has 0 spiro atoms. The van der Waals surface area contributed by atoms with E-state index in [4.69, 9.17) is 5.73 Å². The van der Waals surface area contributed by atoms with Crippen molar-refractivity contribution in [3.05, 3.63) is 54.1 Å².